The number of nitrogens with one attached hydrogen (secondary N) is 1. The molecule has 33 heavy (non-hydrogen) atoms. The zero-order chi connectivity index (χ0) is 22.4. The molecule has 0 bridgehead atoms. The molecule has 4 heterocycles. The summed E-state index contributed by atoms with van der Waals surface area (Å²) in [5.74, 6) is 1.23. The van der Waals surface area contributed by atoms with Crippen molar-refractivity contribution in [2.24, 2.45) is 0 Å². The van der Waals surface area contributed by atoms with Crippen molar-refractivity contribution < 1.29 is 4.42 Å². The molecule has 0 amide bonds. The maximum absolute atomic E-state index is 6.25. The van der Waals surface area contributed by atoms with Gasteiger partial charge in [0.15, 0.2) is 5.65 Å². The highest BCUT2D eigenvalue weighted by Crippen LogP contribution is 2.42. The lowest BCUT2D eigenvalue weighted by atomic mass is 10.0. The van der Waals surface area contributed by atoms with Crippen LogP contribution in [0.1, 0.15) is 5.69 Å². The van der Waals surface area contributed by atoms with E-state index in [1.807, 2.05) is 53.2 Å². The van der Waals surface area contributed by atoms with Crippen LogP contribution in [0.25, 0.3) is 39.3 Å². The molecule has 0 atom stereocenters. The molecule has 0 aliphatic heterocycles. The summed E-state index contributed by atoms with van der Waals surface area (Å²) in [6.45, 7) is 0.676. The van der Waals surface area contributed by atoms with Crippen molar-refractivity contribution in [3.05, 3.63) is 77.2 Å². The molecule has 10 heteroatoms. The first-order valence-electron chi connectivity index (χ1n) is 10.2. The second-order valence-electron chi connectivity index (χ2n) is 7.60. The van der Waals surface area contributed by atoms with Crippen LogP contribution in [-0.2, 0) is 6.54 Å². The Morgan fingerprint density at radius 1 is 1.06 bits per heavy atom. The van der Waals surface area contributed by atoms with E-state index < -0.39 is 0 Å². The molecule has 0 radical (unpaired) electrons. The van der Waals surface area contributed by atoms with Gasteiger partial charge in [-0.1, -0.05) is 24.3 Å². The van der Waals surface area contributed by atoms with E-state index in [0.29, 0.717) is 12.4 Å². The van der Waals surface area contributed by atoms with E-state index in [0.717, 1.165) is 49.4 Å². The van der Waals surface area contributed by atoms with Gasteiger partial charge in [0.05, 0.1) is 22.9 Å². The van der Waals surface area contributed by atoms with Gasteiger partial charge in [0.2, 0.25) is 5.82 Å². The van der Waals surface area contributed by atoms with E-state index in [1.54, 1.807) is 6.20 Å². The number of aromatic nitrogens is 7. The van der Waals surface area contributed by atoms with Gasteiger partial charge < -0.3 is 9.32 Å². The van der Waals surface area contributed by atoms with Crippen LogP contribution in [0.5, 0.6) is 0 Å². The number of nitrogens with zero attached hydrogens (tertiary/aromatic N) is 7. The molecular weight excluding hydrogens is 484 g/mol. The smallest absolute Gasteiger partial charge is 0.205 e. The van der Waals surface area contributed by atoms with Gasteiger partial charge in [0, 0.05) is 41.5 Å². The highest BCUT2D eigenvalue weighted by Gasteiger charge is 2.20. The summed E-state index contributed by atoms with van der Waals surface area (Å²) in [7, 11) is 2.05. The Hall–Kier alpha value is -4.05. The Kier molecular flexibility index (Phi) is 4.65. The molecule has 0 fully saturated rings. The second kappa shape index (κ2) is 7.82. The van der Waals surface area contributed by atoms with Crippen molar-refractivity contribution in [3.8, 4) is 22.7 Å². The number of H-pyrrole nitrogens is 1. The predicted molar refractivity (Wildman–Crippen MR) is 128 cm³/mol. The number of anilines is 1. The largest absolute Gasteiger partial charge is 0.455 e. The summed E-state index contributed by atoms with van der Waals surface area (Å²) < 4.78 is 8.98. The van der Waals surface area contributed by atoms with Crippen LogP contribution in [0.4, 0.5) is 5.69 Å². The average molecular weight is 501 g/mol. The number of hydrogen-bond acceptors (Lipinski definition) is 7. The minimum Gasteiger partial charge on any atom is -0.455 e. The normalized spacial score (nSPS) is 11.5. The van der Waals surface area contributed by atoms with E-state index in [2.05, 4.69) is 70.7 Å². The summed E-state index contributed by atoms with van der Waals surface area (Å²) in [6, 6.07) is 17.9. The Balaban J connectivity index is 1.38. The summed E-state index contributed by atoms with van der Waals surface area (Å²) in [5, 5.41) is 19.8. The molecule has 2 aromatic carbocycles. The van der Waals surface area contributed by atoms with Crippen LogP contribution >= 0.6 is 15.9 Å². The first kappa shape index (κ1) is 19.6. The molecule has 0 aliphatic carbocycles. The molecule has 1 N–H and O–H groups in total. The van der Waals surface area contributed by atoms with Gasteiger partial charge in [0.1, 0.15) is 11.3 Å². The molecule has 4 aromatic heterocycles. The van der Waals surface area contributed by atoms with Crippen LogP contribution in [0.2, 0.25) is 0 Å². The van der Waals surface area contributed by atoms with Gasteiger partial charge in [0.25, 0.3) is 0 Å². The van der Waals surface area contributed by atoms with E-state index >= 15 is 0 Å². The molecule has 0 unspecified atom stereocenters. The Labute approximate surface area is 196 Å². The number of furan rings is 1. The zero-order valence-corrected chi connectivity index (χ0v) is 19.1. The molecule has 162 valence electrons. The molecule has 0 spiro atoms. The minimum atomic E-state index is 0.515. The summed E-state index contributed by atoms with van der Waals surface area (Å²) in [6.07, 6.45) is 3.57. The monoisotopic (exact) mass is 500 g/mol. The fraction of sp³-hybridized carbons (Fsp3) is 0.0870. The molecule has 0 saturated heterocycles. The fourth-order valence-corrected chi connectivity index (χ4v) is 4.56. The number of hydrogen-bond donors (Lipinski definition) is 1. The van der Waals surface area contributed by atoms with Crippen molar-refractivity contribution >= 4 is 38.2 Å². The maximum Gasteiger partial charge on any atom is 0.205 e. The van der Waals surface area contributed by atoms with Gasteiger partial charge in [-0.3, -0.25) is 0 Å². The van der Waals surface area contributed by atoms with Crippen molar-refractivity contribution in [1.29, 1.82) is 0 Å². The molecule has 6 rings (SSSR count). The lowest BCUT2D eigenvalue weighted by Gasteiger charge is -2.19. The molecule has 6 aromatic rings. The van der Waals surface area contributed by atoms with Gasteiger partial charge in [-0.05, 0) is 45.4 Å². The first-order valence-corrected chi connectivity index (χ1v) is 11.0. The third-order valence-corrected chi connectivity index (χ3v) is 6.36. The highest BCUT2D eigenvalue weighted by atomic mass is 79.9. The lowest BCUT2D eigenvalue weighted by Crippen LogP contribution is -2.18. The lowest BCUT2D eigenvalue weighted by molar-refractivity contribution is 0.630. The van der Waals surface area contributed by atoms with Crippen molar-refractivity contribution in [2.75, 3.05) is 11.9 Å². The number of tetrazole rings is 1. The third kappa shape index (κ3) is 3.35. The van der Waals surface area contributed by atoms with Gasteiger partial charge in [-0.15, -0.1) is 10.2 Å². The van der Waals surface area contributed by atoms with Crippen LogP contribution in [0, 0.1) is 0 Å². The van der Waals surface area contributed by atoms with Crippen LogP contribution in [0.3, 0.4) is 0 Å². The fourth-order valence-electron chi connectivity index (χ4n) is 3.96. The number of fused-ring (bicyclic) bond motifs is 2. The summed E-state index contributed by atoms with van der Waals surface area (Å²) >= 11 is 3.76. The van der Waals surface area contributed by atoms with E-state index in [4.69, 9.17) is 4.42 Å². The first-order chi connectivity index (χ1) is 16.2. The molecule has 0 aliphatic rings. The SMILES string of the molecule is CN(Cc1ccnc2ccnn12)c1ccc2oc(-c3ccccc3-c3nn[nH]n3)c(Br)c2c1. The van der Waals surface area contributed by atoms with Gasteiger partial charge in [-0.25, -0.2) is 9.50 Å². The third-order valence-electron chi connectivity index (χ3n) is 5.58. The van der Waals surface area contributed by atoms with Crippen LogP contribution in [0.15, 0.2) is 75.9 Å². The summed E-state index contributed by atoms with van der Waals surface area (Å²) in [4.78, 5) is 6.51. The number of rotatable bonds is 5. The van der Waals surface area contributed by atoms with Gasteiger partial charge in [-0.2, -0.15) is 10.3 Å². The van der Waals surface area contributed by atoms with Gasteiger partial charge >= 0.3 is 0 Å². The molecule has 9 nitrogen and oxygen atoms in total. The Morgan fingerprint density at radius 2 is 1.94 bits per heavy atom. The maximum atomic E-state index is 6.25. The van der Waals surface area contributed by atoms with E-state index in [9.17, 15) is 0 Å². The summed E-state index contributed by atoms with van der Waals surface area (Å²) in [5.41, 5.74) is 5.45. The topological polar surface area (TPSA) is 101 Å². The molecular formula is C23H17BrN8O. The zero-order valence-electron chi connectivity index (χ0n) is 17.5. The van der Waals surface area contributed by atoms with E-state index in [-0.39, 0.29) is 0 Å². The Bertz CT molecular complexity index is 1590. The molecule has 0 saturated carbocycles. The van der Waals surface area contributed by atoms with Crippen LogP contribution < -0.4 is 4.90 Å². The van der Waals surface area contributed by atoms with Crippen molar-refractivity contribution in [1.82, 2.24) is 35.2 Å². The van der Waals surface area contributed by atoms with E-state index in [1.165, 1.54) is 0 Å². The quantitative estimate of drug-likeness (QED) is 0.365. The number of aromatic amines is 1. The van der Waals surface area contributed by atoms with Crippen molar-refractivity contribution in [2.45, 2.75) is 6.54 Å². The number of benzene rings is 2. The average Bonchev–Trinajstić information content (AvgIpc) is 3.60. The predicted octanol–water partition coefficient (Wildman–Crippen LogP) is 4.72. The Morgan fingerprint density at radius 3 is 2.79 bits per heavy atom. The standard InChI is InChI=1S/C23H17BrN8O/c1-31(13-15-8-10-25-20-9-11-26-32(15)20)14-6-7-19-18(12-14)21(24)22(33-19)16-4-2-3-5-17(16)23-27-29-30-28-23/h2-12H,13H2,1H3,(H,27,28,29,30). The number of halogens is 1. The van der Waals surface area contributed by atoms with Crippen LogP contribution in [-0.4, -0.2) is 42.3 Å². The second-order valence-corrected chi connectivity index (χ2v) is 8.39. The van der Waals surface area contributed by atoms with Crippen molar-refractivity contribution in [3.63, 3.8) is 0 Å². The minimum absolute atomic E-state index is 0.515. The highest BCUT2D eigenvalue weighted by molar-refractivity contribution is 9.10.